The highest BCUT2D eigenvalue weighted by molar-refractivity contribution is 5.85. The Morgan fingerprint density at radius 3 is 2.25 bits per heavy atom. The van der Waals surface area contributed by atoms with Gasteiger partial charge in [0, 0.05) is 5.92 Å². The first kappa shape index (κ1) is 14.3. The SMILES string of the molecule is CCCC(C(=O)NN)C(C)C.Cl. The topological polar surface area (TPSA) is 55.1 Å². The van der Waals surface area contributed by atoms with E-state index in [-0.39, 0.29) is 24.2 Å². The van der Waals surface area contributed by atoms with E-state index in [0.29, 0.717) is 5.92 Å². The minimum Gasteiger partial charge on any atom is -0.294 e. The lowest BCUT2D eigenvalue weighted by atomic mass is 9.91. The van der Waals surface area contributed by atoms with Gasteiger partial charge in [-0.05, 0) is 12.3 Å². The number of nitrogens with one attached hydrogen (secondary N) is 1. The molecule has 0 spiro atoms. The fraction of sp³-hybridized carbons (Fsp3) is 0.875. The van der Waals surface area contributed by atoms with E-state index in [2.05, 4.69) is 12.3 Å². The molecule has 0 heterocycles. The largest absolute Gasteiger partial charge is 0.294 e. The zero-order chi connectivity index (χ0) is 8.85. The summed E-state index contributed by atoms with van der Waals surface area (Å²) in [6.45, 7) is 6.14. The van der Waals surface area contributed by atoms with E-state index in [1.807, 2.05) is 13.8 Å². The maximum absolute atomic E-state index is 11.1. The second-order valence-electron chi connectivity index (χ2n) is 3.15. The fourth-order valence-corrected chi connectivity index (χ4v) is 1.19. The lowest BCUT2D eigenvalue weighted by Crippen LogP contribution is -2.37. The van der Waals surface area contributed by atoms with Crippen LogP contribution in [0.2, 0.25) is 0 Å². The highest BCUT2D eigenvalue weighted by Gasteiger charge is 2.19. The minimum atomic E-state index is -0.0400. The van der Waals surface area contributed by atoms with Crippen LogP contribution in [0.25, 0.3) is 0 Å². The Balaban J connectivity index is 0. The summed E-state index contributed by atoms with van der Waals surface area (Å²) in [7, 11) is 0. The second kappa shape index (κ2) is 7.37. The summed E-state index contributed by atoms with van der Waals surface area (Å²) in [5, 5.41) is 0. The van der Waals surface area contributed by atoms with Gasteiger partial charge >= 0.3 is 0 Å². The van der Waals surface area contributed by atoms with E-state index in [9.17, 15) is 4.79 Å². The number of rotatable bonds is 4. The summed E-state index contributed by atoms with van der Waals surface area (Å²) in [6.07, 6.45) is 1.94. The van der Waals surface area contributed by atoms with Crippen LogP contribution >= 0.6 is 12.4 Å². The number of hydrazine groups is 1. The summed E-state index contributed by atoms with van der Waals surface area (Å²) in [4.78, 5) is 11.1. The summed E-state index contributed by atoms with van der Waals surface area (Å²) in [6, 6.07) is 0. The van der Waals surface area contributed by atoms with E-state index in [4.69, 9.17) is 5.84 Å². The van der Waals surface area contributed by atoms with E-state index >= 15 is 0 Å². The first-order valence-electron chi connectivity index (χ1n) is 4.13. The Kier molecular flexibility index (Phi) is 8.76. The van der Waals surface area contributed by atoms with Crippen LogP contribution in [0.1, 0.15) is 33.6 Å². The first-order valence-corrected chi connectivity index (χ1v) is 4.13. The van der Waals surface area contributed by atoms with E-state index in [1.54, 1.807) is 0 Å². The van der Waals surface area contributed by atoms with E-state index in [1.165, 1.54) is 0 Å². The molecule has 0 saturated heterocycles. The second-order valence-corrected chi connectivity index (χ2v) is 3.15. The third kappa shape index (κ3) is 4.57. The average Bonchev–Trinajstić information content (AvgIpc) is 1.98. The Hall–Kier alpha value is -0.280. The summed E-state index contributed by atoms with van der Waals surface area (Å²) in [5.74, 6) is 5.45. The van der Waals surface area contributed by atoms with Crippen molar-refractivity contribution < 1.29 is 4.79 Å². The quantitative estimate of drug-likeness (QED) is 0.405. The van der Waals surface area contributed by atoms with E-state index < -0.39 is 0 Å². The lowest BCUT2D eigenvalue weighted by molar-refractivity contribution is -0.126. The predicted octanol–water partition coefficient (Wildman–Crippen LogP) is 1.47. The maximum Gasteiger partial charge on any atom is 0.237 e. The number of carbonyl (C=O) groups excluding carboxylic acids is 1. The van der Waals surface area contributed by atoms with Gasteiger partial charge in [0.25, 0.3) is 0 Å². The number of amides is 1. The molecule has 4 heteroatoms. The number of carbonyl (C=O) groups is 1. The Morgan fingerprint density at radius 1 is 1.50 bits per heavy atom. The highest BCUT2D eigenvalue weighted by atomic mass is 35.5. The van der Waals surface area contributed by atoms with Crippen LogP contribution < -0.4 is 11.3 Å². The van der Waals surface area contributed by atoms with E-state index in [0.717, 1.165) is 12.8 Å². The molecule has 0 aliphatic heterocycles. The van der Waals surface area contributed by atoms with Crippen molar-refractivity contribution in [3.63, 3.8) is 0 Å². The standard InChI is InChI=1S/C8H18N2O.ClH/c1-4-5-7(6(2)3)8(11)10-9;/h6-7H,4-5,9H2,1-3H3,(H,10,11);1H. The number of halogens is 1. The van der Waals surface area contributed by atoms with Crippen molar-refractivity contribution in [1.82, 2.24) is 5.43 Å². The molecule has 0 aromatic carbocycles. The van der Waals surface area contributed by atoms with Crippen LogP contribution in [-0.4, -0.2) is 5.91 Å². The van der Waals surface area contributed by atoms with Crippen LogP contribution in [0.4, 0.5) is 0 Å². The van der Waals surface area contributed by atoms with Gasteiger partial charge < -0.3 is 0 Å². The van der Waals surface area contributed by atoms with Gasteiger partial charge in [-0.1, -0.05) is 27.2 Å². The Morgan fingerprint density at radius 2 is 2.00 bits per heavy atom. The molecule has 0 saturated carbocycles. The third-order valence-corrected chi connectivity index (χ3v) is 1.88. The molecule has 0 radical (unpaired) electrons. The molecule has 1 amide bonds. The monoisotopic (exact) mass is 194 g/mol. The molecule has 0 fully saturated rings. The van der Waals surface area contributed by atoms with Crippen molar-refractivity contribution in [3.05, 3.63) is 0 Å². The van der Waals surface area contributed by atoms with Crippen molar-refractivity contribution in [2.45, 2.75) is 33.6 Å². The number of hydrogen-bond acceptors (Lipinski definition) is 2. The summed E-state index contributed by atoms with van der Waals surface area (Å²) < 4.78 is 0. The molecular formula is C8H19ClN2O. The predicted molar refractivity (Wildman–Crippen MR) is 52.8 cm³/mol. The number of nitrogens with two attached hydrogens (primary N) is 1. The van der Waals surface area contributed by atoms with Gasteiger partial charge in [-0.15, -0.1) is 12.4 Å². The molecule has 12 heavy (non-hydrogen) atoms. The maximum atomic E-state index is 11.1. The van der Waals surface area contributed by atoms with Gasteiger partial charge in [0.05, 0.1) is 0 Å². The molecule has 0 rings (SSSR count). The molecule has 0 bridgehead atoms. The van der Waals surface area contributed by atoms with Crippen LogP contribution in [0.15, 0.2) is 0 Å². The summed E-state index contributed by atoms with van der Waals surface area (Å²) >= 11 is 0. The van der Waals surface area contributed by atoms with Gasteiger partial charge in [0.1, 0.15) is 0 Å². The molecule has 3 nitrogen and oxygen atoms in total. The van der Waals surface area contributed by atoms with Gasteiger partial charge in [0.15, 0.2) is 0 Å². The molecular weight excluding hydrogens is 176 g/mol. The minimum absolute atomic E-state index is 0. The molecule has 0 aromatic heterocycles. The molecule has 1 atom stereocenters. The zero-order valence-electron chi connectivity index (χ0n) is 7.96. The Bertz CT molecular complexity index is 128. The van der Waals surface area contributed by atoms with Crippen LogP contribution in [0, 0.1) is 11.8 Å². The number of hydrogen-bond donors (Lipinski definition) is 2. The van der Waals surface area contributed by atoms with Gasteiger partial charge in [0.2, 0.25) is 5.91 Å². The van der Waals surface area contributed by atoms with Crippen LogP contribution in [-0.2, 0) is 4.79 Å². The lowest BCUT2D eigenvalue weighted by Gasteiger charge is -2.17. The van der Waals surface area contributed by atoms with Crippen molar-refractivity contribution in [1.29, 1.82) is 0 Å². The van der Waals surface area contributed by atoms with Crippen LogP contribution in [0.3, 0.4) is 0 Å². The molecule has 0 aliphatic rings. The van der Waals surface area contributed by atoms with Gasteiger partial charge in [-0.3, -0.25) is 10.2 Å². The average molecular weight is 195 g/mol. The van der Waals surface area contributed by atoms with Crippen LogP contribution in [0.5, 0.6) is 0 Å². The van der Waals surface area contributed by atoms with Crippen molar-refractivity contribution in [2.75, 3.05) is 0 Å². The first-order chi connectivity index (χ1) is 5.13. The molecule has 0 aromatic rings. The van der Waals surface area contributed by atoms with Crippen molar-refractivity contribution in [3.8, 4) is 0 Å². The van der Waals surface area contributed by atoms with Gasteiger partial charge in [-0.2, -0.15) is 0 Å². The molecule has 1 unspecified atom stereocenters. The molecule has 74 valence electrons. The normalized spacial score (nSPS) is 12.1. The molecule has 3 N–H and O–H groups in total. The van der Waals surface area contributed by atoms with Crippen molar-refractivity contribution in [2.24, 2.45) is 17.7 Å². The van der Waals surface area contributed by atoms with Crippen molar-refractivity contribution >= 4 is 18.3 Å². The fourth-order valence-electron chi connectivity index (χ4n) is 1.19. The molecule has 0 aliphatic carbocycles. The third-order valence-electron chi connectivity index (χ3n) is 1.88. The Labute approximate surface area is 80.5 Å². The smallest absolute Gasteiger partial charge is 0.237 e. The van der Waals surface area contributed by atoms with Gasteiger partial charge in [-0.25, -0.2) is 5.84 Å². The zero-order valence-corrected chi connectivity index (χ0v) is 8.78. The highest BCUT2D eigenvalue weighted by Crippen LogP contribution is 2.16. The summed E-state index contributed by atoms with van der Waals surface area (Å²) in [5.41, 5.74) is 2.19.